The number of fused-ring (bicyclic) bond motifs is 2. The highest BCUT2D eigenvalue weighted by molar-refractivity contribution is 6.04. The monoisotopic (exact) mass is 1340 g/mol. The van der Waals surface area contributed by atoms with Gasteiger partial charge < -0.3 is 65.0 Å². The van der Waals surface area contributed by atoms with Crippen LogP contribution in [0.3, 0.4) is 0 Å². The van der Waals surface area contributed by atoms with Gasteiger partial charge in [0.05, 0.1) is 56.1 Å². The summed E-state index contributed by atoms with van der Waals surface area (Å²) in [4.78, 5) is 70.0. The molecule has 0 unspecified atom stereocenters. The highest BCUT2D eigenvalue weighted by Gasteiger charge is 2.33. The van der Waals surface area contributed by atoms with Crippen LogP contribution in [0.5, 0.6) is 34.5 Å². The molecule has 508 valence electrons. The fraction of sp³-hybridized carbons (Fsp3) is 0.278. The average molecular weight is 1340 g/mol. The van der Waals surface area contributed by atoms with Gasteiger partial charge in [0.1, 0.15) is 68.1 Å². The first kappa shape index (κ1) is 69.3. The van der Waals surface area contributed by atoms with E-state index in [-0.39, 0.29) is 41.6 Å². The van der Waals surface area contributed by atoms with Gasteiger partial charge in [0, 0.05) is 80.7 Å². The summed E-state index contributed by atoms with van der Waals surface area (Å²) in [7, 11) is 3.25. The smallest absolute Gasteiger partial charge is 0.410 e. The van der Waals surface area contributed by atoms with Gasteiger partial charge in [-0.1, -0.05) is 24.3 Å². The highest BCUT2D eigenvalue weighted by atomic mass is 16.6. The van der Waals surface area contributed by atoms with Crippen LogP contribution in [-0.2, 0) is 22.6 Å². The largest absolute Gasteiger partial charge is 0.497 e. The van der Waals surface area contributed by atoms with Crippen molar-refractivity contribution in [1.82, 2.24) is 49.3 Å². The summed E-state index contributed by atoms with van der Waals surface area (Å²) in [6, 6.07) is 41.9. The van der Waals surface area contributed by atoms with Crippen molar-refractivity contribution in [2.24, 2.45) is 0 Å². The summed E-state index contributed by atoms with van der Waals surface area (Å²) in [5, 5.41) is 47.6. The number of nitriles is 2. The fourth-order valence-corrected chi connectivity index (χ4v) is 10.5. The number of benzene rings is 4. The van der Waals surface area contributed by atoms with Crippen LogP contribution in [0.25, 0.3) is 22.1 Å². The number of rotatable bonds is 17. The van der Waals surface area contributed by atoms with Crippen LogP contribution < -0.4 is 40.6 Å². The molecule has 12 rings (SSSR count). The maximum absolute atomic E-state index is 12.8. The van der Waals surface area contributed by atoms with E-state index in [1.807, 2.05) is 107 Å². The van der Waals surface area contributed by atoms with Crippen molar-refractivity contribution in [3.05, 3.63) is 192 Å². The number of nitrogens with zero attached hydrogens (tertiary/aromatic N) is 12. The summed E-state index contributed by atoms with van der Waals surface area (Å²) >= 11 is 0. The number of hydrogen-bond acceptors (Lipinski definition) is 21. The molecule has 0 bridgehead atoms. The van der Waals surface area contributed by atoms with Crippen molar-refractivity contribution in [2.45, 2.75) is 90.8 Å². The second-order valence-corrected chi connectivity index (χ2v) is 25.0. The fourth-order valence-electron chi connectivity index (χ4n) is 10.5. The lowest BCUT2D eigenvalue weighted by Gasteiger charge is -2.24. The van der Waals surface area contributed by atoms with Gasteiger partial charge in [0.2, 0.25) is 0 Å². The topological polar surface area (TPSA) is 347 Å². The second kappa shape index (κ2) is 30.9. The number of nitrogens with two attached hydrogens (primary N) is 1. The molecule has 27 heteroatoms. The molecule has 2 saturated heterocycles. The van der Waals surface area contributed by atoms with Gasteiger partial charge in [0.15, 0.2) is 22.9 Å². The summed E-state index contributed by atoms with van der Waals surface area (Å²) in [6.07, 6.45) is 7.03. The molecule has 8 heterocycles. The molecule has 2 aliphatic heterocycles. The number of aromatic nitrogens is 8. The molecule has 6 aromatic heterocycles. The van der Waals surface area contributed by atoms with E-state index in [1.54, 1.807) is 102 Å². The van der Waals surface area contributed by atoms with E-state index in [1.165, 1.54) is 36.7 Å². The normalized spacial score (nSPS) is 14.1. The van der Waals surface area contributed by atoms with Crippen LogP contribution in [0.2, 0.25) is 0 Å². The maximum Gasteiger partial charge on any atom is 0.410 e. The molecule has 2 atom stereocenters. The zero-order chi connectivity index (χ0) is 70.4. The van der Waals surface area contributed by atoms with Gasteiger partial charge in [-0.3, -0.25) is 4.79 Å². The second-order valence-electron chi connectivity index (χ2n) is 25.0. The van der Waals surface area contributed by atoms with E-state index in [0.717, 1.165) is 29.0 Å². The lowest BCUT2D eigenvalue weighted by atomic mass is 10.2. The Morgan fingerprint density at radius 2 is 0.970 bits per heavy atom. The van der Waals surface area contributed by atoms with E-state index in [9.17, 15) is 24.3 Å². The molecule has 0 radical (unpaired) electrons. The molecule has 2 aliphatic rings. The summed E-state index contributed by atoms with van der Waals surface area (Å²) in [5.41, 5.74) is 8.86. The molecular formula is C72H74N16O11. The summed E-state index contributed by atoms with van der Waals surface area (Å²) < 4.78 is 37.9. The number of aromatic carboxylic acids is 1. The molecule has 0 aliphatic carbocycles. The first-order chi connectivity index (χ1) is 47.5. The number of methoxy groups -OCH3 is 2. The Balaban J connectivity index is 0.000000192. The Morgan fingerprint density at radius 3 is 1.37 bits per heavy atom. The van der Waals surface area contributed by atoms with Gasteiger partial charge in [-0.05, 0) is 163 Å². The number of carbonyl (C=O) groups is 4. The van der Waals surface area contributed by atoms with E-state index in [0.29, 0.717) is 125 Å². The molecule has 0 saturated carbocycles. The Bertz CT molecular complexity index is 4600. The van der Waals surface area contributed by atoms with Crippen molar-refractivity contribution < 1.29 is 52.7 Å². The molecule has 2 fully saturated rings. The SMILES string of the molecule is COc1ccc(Cn2nc(N[C@@H]3CCN(C(=O)OC(C)(C)C)C3)c3c(Oc4ccc(C(=O)Nc5cc(C#N)ccn5)cc4)ccnc32)cc1.COc1ccc(Cn2nc(N[C@@H]3CCN(C(=O)OC(C)(C)C)C3)c3c(Oc4ccc(C(=O)O)cc4)ccnc32)cc1.N#Cc1ccnc(N)c1. The Labute approximate surface area is 570 Å². The van der Waals surface area contributed by atoms with E-state index in [4.69, 9.17) is 54.9 Å². The van der Waals surface area contributed by atoms with Crippen molar-refractivity contribution in [3.63, 3.8) is 0 Å². The lowest BCUT2D eigenvalue weighted by molar-refractivity contribution is 0.0283. The predicted molar refractivity (Wildman–Crippen MR) is 369 cm³/mol. The number of carboxylic acid groups (broad SMARTS) is 1. The van der Waals surface area contributed by atoms with Crippen LogP contribution in [0.1, 0.15) is 97.4 Å². The molecule has 0 spiro atoms. The van der Waals surface area contributed by atoms with Crippen LogP contribution >= 0.6 is 0 Å². The van der Waals surface area contributed by atoms with Gasteiger partial charge in [-0.2, -0.15) is 20.7 Å². The summed E-state index contributed by atoms with van der Waals surface area (Å²) in [6.45, 7) is 14.0. The van der Waals surface area contributed by atoms with Crippen LogP contribution in [0, 0.1) is 22.7 Å². The van der Waals surface area contributed by atoms with Crippen molar-refractivity contribution in [2.75, 3.05) is 62.1 Å². The molecule has 6 N–H and O–H groups in total. The molecule has 10 aromatic rings. The Morgan fingerprint density at radius 1 is 0.556 bits per heavy atom. The third-order valence-corrected chi connectivity index (χ3v) is 15.2. The van der Waals surface area contributed by atoms with Crippen LogP contribution in [0.4, 0.5) is 32.9 Å². The van der Waals surface area contributed by atoms with Gasteiger partial charge in [0.25, 0.3) is 5.91 Å². The third-order valence-electron chi connectivity index (χ3n) is 15.2. The van der Waals surface area contributed by atoms with E-state index in [2.05, 4.69) is 35.9 Å². The number of nitrogens with one attached hydrogen (secondary N) is 3. The number of amides is 3. The first-order valence-electron chi connectivity index (χ1n) is 31.5. The highest BCUT2D eigenvalue weighted by Crippen LogP contribution is 2.38. The van der Waals surface area contributed by atoms with Crippen LogP contribution in [-0.4, -0.2) is 142 Å². The Hall–Kier alpha value is -12.5. The number of nitrogen functional groups attached to an aromatic ring is 1. The van der Waals surface area contributed by atoms with Gasteiger partial charge >= 0.3 is 18.2 Å². The summed E-state index contributed by atoms with van der Waals surface area (Å²) in [5.74, 6) is 3.98. The van der Waals surface area contributed by atoms with Crippen molar-refractivity contribution in [3.8, 4) is 46.6 Å². The predicted octanol–water partition coefficient (Wildman–Crippen LogP) is 12.2. The molecular weight excluding hydrogens is 1260 g/mol. The minimum Gasteiger partial charge on any atom is -0.497 e. The molecule has 99 heavy (non-hydrogen) atoms. The minimum absolute atomic E-state index is 0.0574. The zero-order valence-electron chi connectivity index (χ0n) is 55.8. The number of carbonyl (C=O) groups excluding carboxylic acids is 3. The van der Waals surface area contributed by atoms with Gasteiger partial charge in [-0.25, -0.2) is 43.7 Å². The lowest BCUT2D eigenvalue weighted by Crippen LogP contribution is -2.36. The van der Waals surface area contributed by atoms with E-state index >= 15 is 0 Å². The molecule has 27 nitrogen and oxygen atoms in total. The quantitative estimate of drug-likeness (QED) is 0.0565. The number of pyridine rings is 4. The van der Waals surface area contributed by atoms with Crippen molar-refractivity contribution >= 4 is 69.4 Å². The number of hydrogen-bond donors (Lipinski definition) is 5. The standard InChI is InChI=1S/C36H36N8O5.C30H33N5O6.C6H5N3/c1-36(2,3)49-35(46)43-18-15-26(22-43)40-32-31-29(14-17-39-33(31)44(42-32)21-23-5-9-27(47-4)10-6-23)48-28-11-7-25(8-12-28)34(45)41-30-19-24(20-37)13-16-38-30;1-30(2,3)41-29(38)34-16-14-21(18-34)32-26-25-24(40-23-11-7-20(8-12-23)28(36)37)13-15-31-27(25)35(33-26)17-19-5-9-22(39-4)10-6-19;7-4-5-1-2-9-6(8)3-5/h5-14,16-17,19,26H,15,18,21-22H2,1-4H3,(H,40,42)(H,38,41,45);5-13,15,21H,14,16-18H2,1-4H3,(H,32,33)(H,36,37);1-3H,(H2,8,9)/t26-;21-;/m11./s1. The molecule has 4 aromatic carbocycles. The average Bonchev–Trinajstić information content (AvgIpc) is 1.64. The number of ether oxygens (including phenoxy) is 6. The van der Waals surface area contributed by atoms with Gasteiger partial charge in [-0.15, -0.1) is 0 Å². The third kappa shape index (κ3) is 18.5. The van der Waals surface area contributed by atoms with E-state index < -0.39 is 17.2 Å². The maximum atomic E-state index is 12.8. The zero-order valence-corrected chi connectivity index (χ0v) is 55.8. The van der Waals surface area contributed by atoms with Crippen molar-refractivity contribution in [1.29, 1.82) is 10.5 Å². The Kier molecular flexibility index (Phi) is 21.6. The first-order valence-corrected chi connectivity index (χ1v) is 31.5. The number of likely N-dealkylation sites (tertiary alicyclic amines) is 2. The molecule has 3 amide bonds. The number of carboxylic acids is 1. The number of anilines is 4. The van der Waals surface area contributed by atoms with Crippen LogP contribution in [0.15, 0.2) is 158 Å². The minimum atomic E-state index is -1.01.